The highest BCUT2D eigenvalue weighted by Gasteiger charge is 2.29. The number of hydrogen-bond donors (Lipinski definition) is 1. The lowest BCUT2D eigenvalue weighted by atomic mass is 10.2. The van der Waals surface area contributed by atoms with Crippen LogP contribution in [0, 0.1) is 5.82 Å². The largest absolute Gasteiger partial charge is 0.341 e. The van der Waals surface area contributed by atoms with Crippen LogP contribution in [-0.2, 0) is 9.59 Å². The molecule has 1 aromatic rings. The first-order valence-electron chi connectivity index (χ1n) is 10.3. The Balaban J connectivity index is 1.43. The quantitative estimate of drug-likeness (QED) is 0.837. The molecule has 0 bridgehead atoms. The van der Waals surface area contributed by atoms with Crippen LogP contribution >= 0.6 is 0 Å². The highest BCUT2D eigenvalue weighted by atomic mass is 19.1. The predicted molar refractivity (Wildman–Crippen MR) is 108 cm³/mol. The highest BCUT2D eigenvalue weighted by Crippen LogP contribution is 2.15. The summed E-state index contributed by atoms with van der Waals surface area (Å²) in [6, 6.07) is 5.80. The zero-order valence-corrected chi connectivity index (χ0v) is 16.7. The summed E-state index contributed by atoms with van der Waals surface area (Å²) < 4.78 is 13.2. The molecule has 154 valence electrons. The van der Waals surface area contributed by atoms with Crippen molar-refractivity contribution in [2.24, 2.45) is 0 Å². The molecule has 7 heteroatoms. The minimum atomic E-state index is -0.366. The Bertz CT molecular complexity index is 668. The van der Waals surface area contributed by atoms with Crippen molar-refractivity contribution in [3.05, 3.63) is 30.1 Å². The summed E-state index contributed by atoms with van der Waals surface area (Å²) in [4.78, 5) is 31.3. The molecule has 2 aliphatic rings. The van der Waals surface area contributed by atoms with Crippen molar-refractivity contribution in [3.63, 3.8) is 0 Å². The van der Waals surface area contributed by atoms with Crippen molar-refractivity contribution in [2.45, 2.75) is 38.6 Å². The second-order valence-electron chi connectivity index (χ2n) is 7.79. The Hall–Kier alpha value is -1.99. The second-order valence-corrected chi connectivity index (χ2v) is 7.79. The average Bonchev–Trinajstić information content (AvgIpc) is 2.97. The Morgan fingerprint density at radius 2 is 1.71 bits per heavy atom. The summed E-state index contributed by atoms with van der Waals surface area (Å²) in [5.41, 5.74) is 0.473. The van der Waals surface area contributed by atoms with E-state index in [0.29, 0.717) is 5.69 Å². The number of benzene rings is 1. The molecule has 0 saturated carbocycles. The van der Waals surface area contributed by atoms with Gasteiger partial charge in [-0.05, 0) is 38.0 Å². The van der Waals surface area contributed by atoms with Gasteiger partial charge in [-0.25, -0.2) is 4.39 Å². The van der Waals surface area contributed by atoms with Crippen LogP contribution in [0.1, 0.15) is 32.6 Å². The Morgan fingerprint density at radius 3 is 2.36 bits per heavy atom. The monoisotopic (exact) mass is 390 g/mol. The van der Waals surface area contributed by atoms with Crippen molar-refractivity contribution in [1.82, 2.24) is 14.7 Å². The molecule has 0 unspecified atom stereocenters. The third-order valence-electron chi connectivity index (χ3n) is 5.71. The number of hydrogen-bond acceptors (Lipinski definition) is 4. The summed E-state index contributed by atoms with van der Waals surface area (Å²) >= 11 is 0. The van der Waals surface area contributed by atoms with Gasteiger partial charge in [0.25, 0.3) is 0 Å². The molecule has 0 radical (unpaired) electrons. The van der Waals surface area contributed by atoms with Gasteiger partial charge in [0, 0.05) is 45.0 Å². The van der Waals surface area contributed by atoms with Gasteiger partial charge in [-0.2, -0.15) is 0 Å². The fourth-order valence-electron chi connectivity index (χ4n) is 3.99. The zero-order chi connectivity index (χ0) is 19.9. The summed E-state index contributed by atoms with van der Waals surface area (Å²) in [5.74, 6) is -0.276. The number of carbonyl (C=O) groups is 2. The topological polar surface area (TPSA) is 55.9 Å². The van der Waals surface area contributed by atoms with Gasteiger partial charge in [0.2, 0.25) is 11.8 Å². The molecule has 28 heavy (non-hydrogen) atoms. The Labute approximate surface area is 166 Å². The van der Waals surface area contributed by atoms with Crippen LogP contribution in [0.25, 0.3) is 0 Å². The van der Waals surface area contributed by atoms with Crippen molar-refractivity contribution in [3.8, 4) is 0 Å². The predicted octanol–water partition coefficient (Wildman–Crippen LogP) is 2.17. The van der Waals surface area contributed by atoms with Crippen LogP contribution in [0.5, 0.6) is 0 Å². The number of likely N-dealkylation sites (tertiary alicyclic amines) is 1. The van der Waals surface area contributed by atoms with E-state index in [2.05, 4.69) is 15.1 Å². The van der Waals surface area contributed by atoms with Crippen LogP contribution in [0.3, 0.4) is 0 Å². The van der Waals surface area contributed by atoms with Gasteiger partial charge in [0.1, 0.15) is 5.82 Å². The smallest absolute Gasteiger partial charge is 0.239 e. The molecule has 0 spiro atoms. The van der Waals surface area contributed by atoms with Crippen molar-refractivity contribution < 1.29 is 14.0 Å². The van der Waals surface area contributed by atoms with Crippen LogP contribution in [-0.4, -0.2) is 78.4 Å². The third-order valence-corrected chi connectivity index (χ3v) is 5.71. The van der Waals surface area contributed by atoms with Crippen molar-refractivity contribution >= 4 is 17.5 Å². The van der Waals surface area contributed by atoms with Gasteiger partial charge in [-0.3, -0.25) is 19.4 Å². The van der Waals surface area contributed by atoms with Crippen molar-refractivity contribution in [2.75, 3.05) is 51.1 Å². The highest BCUT2D eigenvalue weighted by molar-refractivity contribution is 5.92. The summed E-state index contributed by atoms with van der Waals surface area (Å²) in [5, 5.41) is 2.74. The summed E-state index contributed by atoms with van der Waals surface area (Å²) in [7, 11) is 0. The van der Waals surface area contributed by atoms with E-state index in [1.165, 1.54) is 25.0 Å². The first kappa shape index (κ1) is 20.7. The van der Waals surface area contributed by atoms with Gasteiger partial charge < -0.3 is 10.2 Å². The number of halogens is 1. The van der Waals surface area contributed by atoms with Gasteiger partial charge in [-0.15, -0.1) is 0 Å². The molecule has 2 fully saturated rings. The second kappa shape index (κ2) is 9.98. The summed E-state index contributed by atoms with van der Waals surface area (Å²) in [6.45, 7) is 7.06. The molecule has 0 aromatic heterocycles. The van der Waals surface area contributed by atoms with Gasteiger partial charge in [0.05, 0.1) is 12.6 Å². The molecule has 3 rings (SSSR count). The minimum Gasteiger partial charge on any atom is -0.341 e. The number of anilines is 1. The molecular formula is C21H31FN4O2. The maximum atomic E-state index is 13.2. The SMILES string of the molecule is C[C@@H](C(=O)N1CCCCCC1)N1CCN(CC(=O)Nc2cccc(F)c2)CC1. The molecule has 2 amide bonds. The molecule has 0 aliphatic carbocycles. The molecular weight excluding hydrogens is 359 g/mol. The number of nitrogens with zero attached hydrogens (tertiary/aromatic N) is 3. The normalized spacial score (nSPS) is 20.4. The third kappa shape index (κ3) is 5.75. The summed E-state index contributed by atoms with van der Waals surface area (Å²) in [6.07, 6.45) is 4.64. The van der Waals surface area contributed by atoms with Gasteiger partial charge in [0.15, 0.2) is 0 Å². The van der Waals surface area contributed by atoms with E-state index in [1.807, 2.05) is 11.8 Å². The number of rotatable bonds is 5. The van der Waals surface area contributed by atoms with Crippen molar-refractivity contribution in [1.29, 1.82) is 0 Å². The van der Waals surface area contributed by atoms with E-state index >= 15 is 0 Å². The molecule has 2 saturated heterocycles. The number of carbonyl (C=O) groups excluding carboxylic acids is 2. The van der Waals surface area contributed by atoms with E-state index in [0.717, 1.165) is 52.1 Å². The lowest BCUT2D eigenvalue weighted by molar-refractivity contribution is -0.137. The molecule has 2 aliphatic heterocycles. The first-order valence-corrected chi connectivity index (χ1v) is 10.3. The maximum absolute atomic E-state index is 13.2. The van der Waals surface area contributed by atoms with E-state index in [1.54, 1.807) is 12.1 Å². The lowest BCUT2D eigenvalue weighted by Crippen LogP contribution is -2.55. The van der Waals surface area contributed by atoms with Crippen LogP contribution in [0.2, 0.25) is 0 Å². The Kier molecular flexibility index (Phi) is 7.39. The molecule has 1 N–H and O–H groups in total. The molecule has 1 aromatic carbocycles. The fourth-order valence-corrected chi connectivity index (χ4v) is 3.99. The number of piperazine rings is 1. The van der Waals surface area contributed by atoms with Gasteiger partial charge >= 0.3 is 0 Å². The van der Waals surface area contributed by atoms with Crippen LogP contribution in [0.15, 0.2) is 24.3 Å². The Morgan fingerprint density at radius 1 is 1.04 bits per heavy atom. The van der Waals surface area contributed by atoms with E-state index < -0.39 is 0 Å². The van der Waals surface area contributed by atoms with Crippen LogP contribution < -0.4 is 5.32 Å². The molecule has 1 atom stereocenters. The molecule has 6 nitrogen and oxygen atoms in total. The minimum absolute atomic E-state index is 0.110. The van der Waals surface area contributed by atoms with Gasteiger partial charge in [-0.1, -0.05) is 18.9 Å². The number of nitrogens with one attached hydrogen (secondary N) is 1. The zero-order valence-electron chi connectivity index (χ0n) is 16.7. The fraction of sp³-hybridized carbons (Fsp3) is 0.619. The first-order chi connectivity index (χ1) is 13.5. The number of amides is 2. The van der Waals surface area contributed by atoms with E-state index in [4.69, 9.17) is 0 Å². The maximum Gasteiger partial charge on any atom is 0.239 e. The van der Waals surface area contributed by atoms with Crippen LogP contribution in [0.4, 0.5) is 10.1 Å². The molecule has 2 heterocycles. The van der Waals surface area contributed by atoms with E-state index in [9.17, 15) is 14.0 Å². The lowest BCUT2D eigenvalue weighted by Gasteiger charge is -2.38. The average molecular weight is 391 g/mol. The van der Waals surface area contributed by atoms with E-state index in [-0.39, 0.29) is 30.2 Å². The standard InChI is InChI=1S/C21H31FN4O2/c1-17(21(28)26-9-4-2-3-5-10-26)25-13-11-24(12-14-25)16-20(27)23-19-8-6-7-18(22)15-19/h6-8,15,17H,2-5,9-14,16H2,1H3,(H,23,27)/t17-/m0/s1.